The number of hydrogen-bond donors (Lipinski definition) is 2. The van der Waals surface area contributed by atoms with Crippen LogP contribution in [0.4, 0.5) is 14.5 Å². The Balaban J connectivity index is 2.48. The van der Waals surface area contributed by atoms with E-state index >= 15 is 0 Å². The molecular weight excluding hydrogens is 266 g/mol. The smallest absolute Gasteiger partial charge is 0.147 e. The number of halogens is 2. The summed E-state index contributed by atoms with van der Waals surface area (Å²) in [7, 11) is 0. The Morgan fingerprint density at radius 3 is 2.65 bits per heavy atom. The van der Waals surface area contributed by atoms with Crippen molar-refractivity contribution in [1.82, 2.24) is 15.4 Å². The zero-order valence-corrected chi connectivity index (χ0v) is 10.0. The number of anilines is 1. The molecule has 3 N–H and O–H groups in total. The fraction of sp³-hybridized carbons (Fsp3) is 0. The number of fused-ring (bicyclic) bond motifs is 1. The lowest BCUT2D eigenvalue weighted by atomic mass is 10.00. The number of nitrogens with zero attached hydrogens (tertiary/aromatic N) is 3. The molecule has 0 aliphatic heterocycles. The van der Waals surface area contributed by atoms with Crippen LogP contribution in [0.1, 0.15) is 0 Å². The third kappa shape index (κ3) is 1.63. The monoisotopic (exact) mass is 274 g/mol. The van der Waals surface area contributed by atoms with Gasteiger partial charge in [0.15, 0.2) is 0 Å². The van der Waals surface area contributed by atoms with E-state index in [1.165, 1.54) is 24.4 Å². The molecule has 0 saturated heterocycles. The van der Waals surface area contributed by atoms with Crippen molar-refractivity contribution in [3.05, 3.63) is 42.1 Å². The van der Waals surface area contributed by atoms with E-state index < -0.39 is 17.4 Å². The molecule has 20 heavy (non-hydrogen) atoms. The number of hydrogen-bond acceptors (Lipinski definition) is 5. The van der Waals surface area contributed by atoms with Crippen LogP contribution in [0.5, 0.6) is 5.75 Å². The van der Waals surface area contributed by atoms with Gasteiger partial charge in [0.05, 0.1) is 22.8 Å². The summed E-state index contributed by atoms with van der Waals surface area (Å²) in [6, 6.07) is 5.22. The maximum absolute atomic E-state index is 14.5. The molecular formula is C13H8F2N4O. The normalized spacial score (nSPS) is 10.9. The second-order valence-corrected chi connectivity index (χ2v) is 4.12. The van der Waals surface area contributed by atoms with Gasteiger partial charge in [0.2, 0.25) is 0 Å². The Bertz CT molecular complexity index is 809. The summed E-state index contributed by atoms with van der Waals surface area (Å²) in [4.78, 5) is 0. The molecule has 1 aromatic heterocycles. The number of aromatic hydroxyl groups is 1. The fourth-order valence-corrected chi connectivity index (χ4v) is 2.08. The van der Waals surface area contributed by atoms with Gasteiger partial charge in [-0.15, -0.1) is 10.2 Å². The van der Waals surface area contributed by atoms with Gasteiger partial charge in [-0.05, 0) is 17.3 Å². The van der Waals surface area contributed by atoms with Crippen molar-refractivity contribution < 1.29 is 13.9 Å². The van der Waals surface area contributed by atoms with Crippen molar-refractivity contribution in [3.63, 3.8) is 0 Å². The van der Waals surface area contributed by atoms with Gasteiger partial charge in [-0.2, -0.15) is 0 Å². The lowest BCUT2D eigenvalue weighted by Gasteiger charge is -2.12. The number of phenols is 1. The zero-order chi connectivity index (χ0) is 14.3. The highest BCUT2D eigenvalue weighted by atomic mass is 19.1. The molecule has 7 heteroatoms. The van der Waals surface area contributed by atoms with E-state index in [4.69, 9.17) is 5.73 Å². The summed E-state index contributed by atoms with van der Waals surface area (Å²) in [5, 5.41) is 20.2. The van der Waals surface area contributed by atoms with E-state index in [0.717, 1.165) is 6.07 Å². The first kappa shape index (κ1) is 12.2. The Hall–Kier alpha value is -2.83. The molecule has 0 fully saturated rings. The predicted molar refractivity (Wildman–Crippen MR) is 68.8 cm³/mol. The Morgan fingerprint density at radius 1 is 1.15 bits per heavy atom. The summed E-state index contributed by atoms with van der Waals surface area (Å²) in [6.45, 7) is 0. The Labute approximate surface area is 111 Å². The number of nitrogens with two attached hydrogens (primary N) is 1. The van der Waals surface area contributed by atoms with E-state index in [0.29, 0.717) is 0 Å². The molecule has 3 aromatic rings. The van der Waals surface area contributed by atoms with Crippen LogP contribution in [0.3, 0.4) is 0 Å². The average molecular weight is 274 g/mol. The number of nitrogen functional groups attached to an aromatic ring is 1. The van der Waals surface area contributed by atoms with Gasteiger partial charge in [0, 0.05) is 5.39 Å². The first-order chi connectivity index (χ1) is 9.61. The molecule has 2 aromatic carbocycles. The molecule has 0 unspecified atom stereocenters. The molecule has 0 bridgehead atoms. The minimum absolute atomic E-state index is 0.00534. The van der Waals surface area contributed by atoms with Crippen molar-refractivity contribution in [2.45, 2.75) is 0 Å². The summed E-state index contributed by atoms with van der Waals surface area (Å²) in [5.41, 5.74) is 5.38. The van der Waals surface area contributed by atoms with Crippen LogP contribution >= 0.6 is 0 Å². The van der Waals surface area contributed by atoms with Crippen molar-refractivity contribution in [3.8, 4) is 17.0 Å². The van der Waals surface area contributed by atoms with Gasteiger partial charge >= 0.3 is 0 Å². The van der Waals surface area contributed by atoms with Crippen LogP contribution in [0, 0.1) is 11.6 Å². The highest BCUT2D eigenvalue weighted by Crippen LogP contribution is 2.41. The topological polar surface area (TPSA) is 84.9 Å². The Kier molecular flexibility index (Phi) is 2.67. The van der Waals surface area contributed by atoms with Crippen LogP contribution in [0.15, 0.2) is 30.5 Å². The Morgan fingerprint density at radius 2 is 1.95 bits per heavy atom. The standard InChI is InChI=1S/C13H8F2N4O/c14-7-3-1-2-6-9(7)11(15)10(12(16)13(6)20)8-4-5-17-19-18-8/h1-5,20H,16H2. The number of benzene rings is 2. The molecule has 0 saturated carbocycles. The van der Waals surface area contributed by atoms with Gasteiger partial charge in [-0.3, -0.25) is 0 Å². The molecule has 0 amide bonds. The first-order valence-corrected chi connectivity index (χ1v) is 5.64. The molecule has 100 valence electrons. The molecule has 0 radical (unpaired) electrons. The van der Waals surface area contributed by atoms with Crippen molar-refractivity contribution in [2.24, 2.45) is 0 Å². The zero-order valence-electron chi connectivity index (χ0n) is 10.0. The molecule has 5 nitrogen and oxygen atoms in total. The maximum atomic E-state index is 14.5. The molecule has 1 heterocycles. The minimum atomic E-state index is -0.895. The number of phenolic OH excluding ortho intramolecular Hbond substituents is 1. The summed E-state index contributed by atoms with van der Waals surface area (Å²) in [5.74, 6) is -2.08. The summed E-state index contributed by atoms with van der Waals surface area (Å²) >= 11 is 0. The molecule has 0 aliphatic carbocycles. The first-order valence-electron chi connectivity index (χ1n) is 5.64. The fourth-order valence-electron chi connectivity index (χ4n) is 2.08. The van der Waals surface area contributed by atoms with E-state index in [-0.39, 0.29) is 27.7 Å². The van der Waals surface area contributed by atoms with Crippen LogP contribution in [-0.4, -0.2) is 20.5 Å². The van der Waals surface area contributed by atoms with E-state index in [9.17, 15) is 13.9 Å². The third-order valence-corrected chi connectivity index (χ3v) is 2.99. The lowest BCUT2D eigenvalue weighted by molar-refractivity contribution is 0.482. The lowest BCUT2D eigenvalue weighted by Crippen LogP contribution is -2.00. The van der Waals surface area contributed by atoms with E-state index in [2.05, 4.69) is 15.4 Å². The summed E-state index contributed by atoms with van der Waals surface area (Å²) < 4.78 is 28.4. The molecule has 3 rings (SSSR count). The maximum Gasteiger partial charge on any atom is 0.147 e. The summed E-state index contributed by atoms with van der Waals surface area (Å²) in [6.07, 6.45) is 1.30. The van der Waals surface area contributed by atoms with Crippen LogP contribution in [0.2, 0.25) is 0 Å². The van der Waals surface area contributed by atoms with Crippen molar-refractivity contribution in [1.29, 1.82) is 0 Å². The SMILES string of the molecule is Nc1c(-c2ccnnn2)c(F)c2c(F)cccc2c1O. The van der Waals surface area contributed by atoms with Gasteiger partial charge in [-0.25, -0.2) is 8.78 Å². The van der Waals surface area contributed by atoms with Gasteiger partial charge in [0.1, 0.15) is 23.1 Å². The molecule has 0 atom stereocenters. The molecule has 0 aliphatic rings. The van der Waals surface area contributed by atoms with Gasteiger partial charge in [0.25, 0.3) is 0 Å². The van der Waals surface area contributed by atoms with Gasteiger partial charge < -0.3 is 10.8 Å². The second-order valence-electron chi connectivity index (χ2n) is 4.12. The van der Waals surface area contributed by atoms with E-state index in [1.807, 2.05) is 0 Å². The largest absolute Gasteiger partial charge is 0.505 e. The van der Waals surface area contributed by atoms with Gasteiger partial charge in [-0.1, -0.05) is 12.1 Å². The number of aromatic nitrogens is 3. The van der Waals surface area contributed by atoms with E-state index in [1.54, 1.807) is 0 Å². The predicted octanol–water partition coefficient (Wildman–Crippen LogP) is 2.26. The quantitative estimate of drug-likeness (QED) is 0.525. The highest BCUT2D eigenvalue weighted by Gasteiger charge is 2.21. The van der Waals surface area contributed by atoms with Crippen molar-refractivity contribution in [2.75, 3.05) is 5.73 Å². The van der Waals surface area contributed by atoms with Crippen LogP contribution in [-0.2, 0) is 0 Å². The second kappa shape index (κ2) is 4.37. The third-order valence-electron chi connectivity index (χ3n) is 2.99. The average Bonchev–Trinajstić information content (AvgIpc) is 2.46. The molecule has 0 spiro atoms. The van der Waals surface area contributed by atoms with Crippen molar-refractivity contribution >= 4 is 16.5 Å². The highest BCUT2D eigenvalue weighted by molar-refractivity contribution is 6.00. The van der Waals surface area contributed by atoms with Crippen LogP contribution in [0.25, 0.3) is 22.0 Å². The minimum Gasteiger partial charge on any atom is -0.505 e. The number of rotatable bonds is 1. The van der Waals surface area contributed by atoms with Crippen LogP contribution < -0.4 is 5.73 Å².